The van der Waals surface area contributed by atoms with Gasteiger partial charge in [0.15, 0.2) is 6.10 Å². The lowest BCUT2D eigenvalue weighted by Gasteiger charge is -2.23. The third-order valence-electron chi connectivity index (χ3n) is 4.05. The predicted octanol–water partition coefficient (Wildman–Crippen LogP) is 3.64. The Bertz CT molecular complexity index is 894. The molecule has 1 aliphatic heterocycles. The highest BCUT2D eigenvalue weighted by atomic mass is 35.5. The minimum Gasteiger partial charge on any atom is -0.450 e. The third-order valence-corrected chi connectivity index (χ3v) is 4.30. The molecule has 2 aromatic rings. The van der Waals surface area contributed by atoms with Crippen molar-refractivity contribution >= 4 is 40.7 Å². The standard InChI is InChI=1S/C20H17ClN2O4/c1-13(19(25)14-7-9-15(21)10-8-14)27-20(26)17-11-12-18(24)23(22-17)16-5-3-2-4-6-16/h2-10,13H,11-12H2,1H3. The Labute approximate surface area is 161 Å². The van der Waals surface area contributed by atoms with E-state index in [0.29, 0.717) is 16.3 Å². The van der Waals surface area contributed by atoms with Crippen LogP contribution >= 0.6 is 11.6 Å². The molecular weight excluding hydrogens is 368 g/mol. The highest BCUT2D eigenvalue weighted by Crippen LogP contribution is 2.20. The number of Topliss-reactive ketones (excluding diaryl/α,β-unsaturated/α-hetero) is 1. The maximum atomic E-state index is 12.4. The Hall–Kier alpha value is -2.99. The molecule has 0 spiro atoms. The summed E-state index contributed by atoms with van der Waals surface area (Å²) in [7, 11) is 0. The molecule has 1 aliphatic rings. The SMILES string of the molecule is CC(OC(=O)C1=NN(c2ccccc2)C(=O)CC1)C(=O)c1ccc(Cl)cc1. The first-order valence-electron chi connectivity index (χ1n) is 8.42. The van der Waals surface area contributed by atoms with Crippen LogP contribution in [0.15, 0.2) is 59.7 Å². The quantitative estimate of drug-likeness (QED) is 0.582. The van der Waals surface area contributed by atoms with Crippen molar-refractivity contribution in [3.63, 3.8) is 0 Å². The smallest absolute Gasteiger partial charge is 0.355 e. The van der Waals surface area contributed by atoms with Crippen molar-refractivity contribution in [2.75, 3.05) is 5.01 Å². The number of amides is 1. The first kappa shape index (κ1) is 18.8. The first-order chi connectivity index (χ1) is 13.0. The number of nitrogens with zero attached hydrogens (tertiary/aromatic N) is 2. The van der Waals surface area contributed by atoms with E-state index in [1.807, 2.05) is 6.07 Å². The summed E-state index contributed by atoms with van der Waals surface area (Å²) in [4.78, 5) is 36.9. The molecular formula is C20H17ClN2O4. The van der Waals surface area contributed by atoms with Crippen LogP contribution in [-0.2, 0) is 14.3 Å². The molecule has 0 aliphatic carbocycles. The molecule has 0 fully saturated rings. The van der Waals surface area contributed by atoms with Gasteiger partial charge in [0.05, 0.1) is 5.69 Å². The van der Waals surface area contributed by atoms with Gasteiger partial charge in [-0.05, 0) is 43.3 Å². The Morgan fingerprint density at radius 3 is 2.41 bits per heavy atom. The van der Waals surface area contributed by atoms with Crippen molar-refractivity contribution in [3.05, 3.63) is 65.2 Å². The van der Waals surface area contributed by atoms with Gasteiger partial charge in [0, 0.05) is 23.4 Å². The molecule has 0 saturated carbocycles. The number of benzene rings is 2. The Morgan fingerprint density at radius 2 is 1.74 bits per heavy atom. The van der Waals surface area contributed by atoms with Gasteiger partial charge in [-0.15, -0.1) is 0 Å². The van der Waals surface area contributed by atoms with Gasteiger partial charge in [0.25, 0.3) is 0 Å². The summed E-state index contributed by atoms with van der Waals surface area (Å²) >= 11 is 5.81. The fourth-order valence-corrected chi connectivity index (χ4v) is 2.73. The molecule has 1 heterocycles. The summed E-state index contributed by atoms with van der Waals surface area (Å²) in [5.74, 6) is -1.26. The Morgan fingerprint density at radius 1 is 1.07 bits per heavy atom. The molecule has 0 bridgehead atoms. The zero-order valence-corrected chi connectivity index (χ0v) is 15.3. The summed E-state index contributed by atoms with van der Waals surface area (Å²) in [5.41, 5.74) is 1.07. The van der Waals surface area contributed by atoms with Gasteiger partial charge in [-0.1, -0.05) is 29.8 Å². The summed E-state index contributed by atoms with van der Waals surface area (Å²) in [6, 6.07) is 15.2. The molecule has 6 nitrogen and oxygen atoms in total. The van der Waals surface area contributed by atoms with E-state index in [2.05, 4.69) is 5.10 Å². The second-order valence-electron chi connectivity index (χ2n) is 6.01. The number of hydrogen-bond donors (Lipinski definition) is 0. The van der Waals surface area contributed by atoms with Gasteiger partial charge in [-0.3, -0.25) is 9.59 Å². The number of carbonyl (C=O) groups is 3. The van der Waals surface area contributed by atoms with Crippen molar-refractivity contribution in [1.29, 1.82) is 0 Å². The number of hydrogen-bond acceptors (Lipinski definition) is 5. The summed E-state index contributed by atoms with van der Waals surface area (Å²) < 4.78 is 5.27. The molecule has 0 saturated heterocycles. The van der Waals surface area contributed by atoms with E-state index in [1.165, 1.54) is 11.9 Å². The maximum absolute atomic E-state index is 12.4. The van der Waals surface area contributed by atoms with Gasteiger partial charge in [-0.25, -0.2) is 9.80 Å². The molecule has 2 aromatic carbocycles. The number of ketones is 1. The van der Waals surface area contributed by atoms with Gasteiger partial charge in [-0.2, -0.15) is 5.10 Å². The Balaban J connectivity index is 1.72. The van der Waals surface area contributed by atoms with Crippen molar-refractivity contribution < 1.29 is 19.1 Å². The van der Waals surface area contributed by atoms with Gasteiger partial charge in [0.2, 0.25) is 11.7 Å². The zero-order chi connectivity index (χ0) is 19.4. The lowest BCUT2D eigenvalue weighted by molar-refractivity contribution is -0.138. The molecule has 27 heavy (non-hydrogen) atoms. The number of para-hydroxylation sites is 1. The van der Waals surface area contributed by atoms with Crippen LogP contribution < -0.4 is 5.01 Å². The van der Waals surface area contributed by atoms with Crippen LogP contribution in [0.25, 0.3) is 0 Å². The van der Waals surface area contributed by atoms with Crippen LogP contribution in [-0.4, -0.2) is 29.5 Å². The third kappa shape index (κ3) is 4.41. The topological polar surface area (TPSA) is 76.0 Å². The maximum Gasteiger partial charge on any atom is 0.355 e. The van der Waals surface area contributed by atoms with E-state index in [0.717, 1.165) is 0 Å². The van der Waals surface area contributed by atoms with Crippen LogP contribution in [0.4, 0.5) is 5.69 Å². The number of carbonyl (C=O) groups excluding carboxylic acids is 3. The average Bonchev–Trinajstić information content (AvgIpc) is 2.69. The fourth-order valence-electron chi connectivity index (χ4n) is 2.60. The molecule has 0 N–H and O–H groups in total. The van der Waals surface area contributed by atoms with Crippen LogP contribution in [0.3, 0.4) is 0 Å². The Kier molecular flexibility index (Phi) is 5.66. The lowest BCUT2D eigenvalue weighted by atomic mass is 10.1. The van der Waals surface area contributed by atoms with Crippen LogP contribution in [0, 0.1) is 0 Å². The summed E-state index contributed by atoms with van der Waals surface area (Å²) in [6.07, 6.45) is -0.672. The van der Waals surface area contributed by atoms with E-state index in [9.17, 15) is 14.4 Å². The zero-order valence-electron chi connectivity index (χ0n) is 14.6. The minimum atomic E-state index is -0.982. The highest BCUT2D eigenvalue weighted by molar-refractivity contribution is 6.38. The molecule has 0 radical (unpaired) electrons. The molecule has 0 aromatic heterocycles. The summed E-state index contributed by atoms with van der Waals surface area (Å²) in [5, 5.41) is 5.83. The van der Waals surface area contributed by atoms with Crippen LogP contribution in [0.1, 0.15) is 30.1 Å². The van der Waals surface area contributed by atoms with E-state index in [-0.39, 0.29) is 30.2 Å². The molecule has 3 rings (SSSR count). The number of esters is 1. The average molecular weight is 385 g/mol. The second-order valence-corrected chi connectivity index (χ2v) is 6.44. The molecule has 138 valence electrons. The summed E-state index contributed by atoms with van der Waals surface area (Å²) in [6.45, 7) is 1.50. The van der Waals surface area contributed by atoms with E-state index < -0.39 is 12.1 Å². The number of hydrazone groups is 1. The number of ether oxygens (including phenoxy) is 1. The lowest BCUT2D eigenvalue weighted by Crippen LogP contribution is -2.36. The van der Waals surface area contributed by atoms with E-state index in [1.54, 1.807) is 48.5 Å². The van der Waals surface area contributed by atoms with E-state index >= 15 is 0 Å². The van der Waals surface area contributed by atoms with Gasteiger partial charge in [0.1, 0.15) is 5.71 Å². The van der Waals surface area contributed by atoms with Gasteiger partial charge < -0.3 is 4.74 Å². The highest BCUT2D eigenvalue weighted by Gasteiger charge is 2.28. The number of anilines is 1. The van der Waals surface area contributed by atoms with Crippen LogP contribution in [0.2, 0.25) is 5.02 Å². The van der Waals surface area contributed by atoms with Crippen molar-refractivity contribution in [2.24, 2.45) is 5.10 Å². The molecule has 1 atom stereocenters. The van der Waals surface area contributed by atoms with Crippen molar-refractivity contribution in [3.8, 4) is 0 Å². The second kappa shape index (κ2) is 8.14. The molecule has 7 heteroatoms. The van der Waals surface area contributed by atoms with Gasteiger partial charge >= 0.3 is 5.97 Å². The molecule has 1 unspecified atom stereocenters. The normalized spacial score (nSPS) is 15.1. The number of halogens is 1. The van der Waals surface area contributed by atoms with Crippen molar-refractivity contribution in [2.45, 2.75) is 25.9 Å². The van der Waals surface area contributed by atoms with Crippen molar-refractivity contribution in [1.82, 2.24) is 0 Å². The first-order valence-corrected chi connectivity index (χ1v) is 8.80. The fraction of sp³-hybridized carbons (Fsp3) is 0.200. The molecule has 1 amide bonds. The minimum absolute atomic E-state index is 0.106. The van der Waals surface area contributed by atoms with Crippen LogP contribution in [0.5, 0.6) is 0 Å². The number of rotatable bonds is 5. The monoisotopic (exact) mass is 384 g/mol. The van der Waals surface area contributed by atoms with E-state index in [4.69, 9.17) is 16.3 Å². The predicted molar refractivity (Wildman–Crippen MR) is 102 cm³/mol. The largest absolute Gasteiger partial charge is 0.450 e.